The molecule has 2 rings (SSSR count). The second-order valence-electron chi connectivity index (χ2n) is 3.34. The van der Waals surface area contributed by atoms with E-state index in [-0.39, 0.29) is 0 Å². The molecule has 0 saturated carbocycles. The summed E-state index contributed by atoms with van der Waals surface area (Å²) in [5.74, 6) is 0. The lowest BCUT2D eigenvalue weighted by Crippen LogP contribution is -1.80. The lowest BCUT2D eigenvalue weighted by molar-refractivity contribution is 1.58. The molecule has 0 spiro atoms. The molecule has 1 heteroatoms. The molecule has 0 aliphatic heterocycles. The molecule has 0 amide bonds. The van der Waals surface area contributed by atoms with E-state index in [4.69, 9.17) is 0 Å². The van der Waals surface area contributed by atoms with E-state index in [1.165, 1.54) is 14.7 Å². The fraction of sp³-hybridized carbons (Fsp3) is 0. The number of rotatable bonds is 2. The van der Waals surface area contributed by atoms with Crippen molar-refractivity contribution in [1.82, 2.24) is 0 Å². The van der Waals surface area contributed by atoms with Crippen molar-refractivity contribution in [2.45, 2.75) is 0 Å². The van der Waals surface area contributed by atoms with Crippen molar-refractivity contribution < 1.29 is 0 Å². The fourth-order valence-electron chi connectivity index (χ4n) is 1.51. The van der Waals surface area contributed by atoms with E-state index in [1.807, 2.05) is 6.08 Å². The quantitative estimate of drug-likeness (QED) is 0.711. The Morgan fingerprint density at radius 1 is 0.933 bits per heavy atom. The summed E-state index contributed by atoms with van der Waals surface area (Å²) < 4.78 is 1.26. The number of hydrogen-bond donors (Lipinski definition) is 0. The molecule has 0 aliphatic rings. The average Bonchev–Trinajstić information content (AvgIpc) is 2.29. The van der Waals surface area contributed by atoms with Crippen LogP contribution in [0.2, 0.25) is 0 Å². The van der Waals surface area contributed by atoms with Gasteiger partial charge in [0.15, 0.2) is 0 Å². The monoisotopic (exact) mass is 306 g/mol. The molecular formula is C14H11I. The topological polar surface area (TPSA) is 0 Å². The molecule has 0 aromatic heterocycles. The summed E-state index contributed by atoms with van der Waals surface area (Å²) in [6, 6.07) is 16.9. The lowest BCUT2D eigenvalue weighted by Gasteiger charge is -2.03. The van der Waals surface area contributed by atoms with Crippen molar-refractivity contribution in [2.75, 3.05) is 0 Å². The number of benzene rings is 2. The Bertz CT molecular complexity index is 486. The van der Waals surface area contributed by atoms with Gasteiger partial charge in [-0.3, -0.25) is 0 Å². The highest BCUT2D eigenvalue weighted by Gasteiger charge is 1.97. The first-order valence-corrected chi connectivity index (χ1v) is 5.86. The Balaban J connectivity index is 2.49. The van der Waals surface area contributed by atoms with E-state index in [9.17, 15) is 0 Å². The Morgan fingerprint density at radius 3 is 2.27 bits per heavy atom. The molecule has 0 fully saturated rings. The minimum absolute atomic E-state index is 1.16. The Labute approximate surface area is 104 Å². The zero-order chi connectivity index (χ0) is 10.7. The van der Waals surface area contributed by atoms with Gasteiger partial charge in [0, 0.05) is 3.57 Å². The van der Waals surface area contributed by atoms with Crippen molar-refractivity contribution in [3.8, 4) is 11.1 Å². The van der Waals surface area contributed by atoms with Crippen molar-refractivity contribution >= 4 is 28.7 Å². The summed E-state index contributed by atoms with van der Waals surface area (Å²) in [5.41, 5.74) is 3.66. The van der Waals surface area contributed by atoms with E-state index in [0.29, 0.717) is 0 Å². The van der Waals surface area contributed by atoms with Crippen LogP contribution in [-0.2, 0) is 0 Å². The Hall–Kier alpha value is -1.09. The van der Waals surface area contributed by atoms with Gasteiger partial charge < -0.3 is 0 Å². The summed E-state index contributed by atoms with van der Waals surface area (Å²) >= 11 is 2.33. The fourth-order valence-corrected chi connectivity index (χ4v) is 2.06. The van der Waals surface area contributed by atoms with E-state index in [1.54, 1.807) is 0 Å². The highest BCUT2D eigenvalue weighted by atomic mass is 127. The first-order chi connectivity index (χ1) is 7.29. The number of hydrogen-bond acceptors (Lipinski definition) is 0. The SMILES string of the molecule is C=Cc1cccc(-c2cccc(I)c2)c1. The Morgan fingerprint density at radius 2 is 1.60 bits per heavy atom. The van der Waals surface area contributed by atoms with Gasteiger partial charge in [0.1, 0.15) is 0 Å². The molecule has 0 atom stereocenters. The largest absolute Gasteiger partial charge is 0.0985 e. The molecule has 15 heavy (non-hydrogen) atoms. The molecule has 2 aromatic carbocycles. The van der Waals surface area contributed by atoms with Crippen LogP contribution in [0.1, 0.15) is 5.56 Å². The molecular weight excluding hydrogens is 295 g/mol. The first kappa shape index (κ1) is 10.4. The van der Waals surface area contributed by atoms with Crippen LogP contribution in [0.4, 0.5) is 0 Å². The van der Waals surface area contributed by atoms with Gasteiger partial charge in [-0.15, -0.1) is 0 Å². The molecule has 0 heterocycles. The van der Waals surface area contributed by atoms with Crippen molar-refractivity contribution in [1.29, 1.82) is 0 Å². The molecule has 0 saturated heterocycles. The standard InChI is InChI=1S/C14H11I/c1-2-11-5-3-6-12(9-11)13-7-4-8-14(15)10-13/h2-10H,1H2. The van der Waals surface area contributed by atoms with Gasteiger partial charge in [0.2, 0.25) is 0 Å². The van der Waals surface area contributed by atoms with Crippen molar-refractivity contribution in [3.63, 3.8) is 0 Å². The summed E-state index contributed by atoms with van der Waals surface area (Å²) in [6.07, 6.45) is 1.87. The molecule has 0 N–H and O–H groups in total. The van der Waals surface area contributed by atoms with Gasteiger partial charge in [-0.2, -0.15) is 0 Å². The molecule has 74 valence electrons. The first-order valence-electron chi connectivity index (χ1n) is 4.78. The number of halogens is 1. The summed E-state index contributed by atoms with van der Waals surface area (Å²) in [7, 11) is 0. The van der Waals surface area contributed by atoms with Crippen LogP contribution in [0.15, 0.2) is 55.1 Å². The highest BCUT2D eigenvalue weighted by molar-refractivity contribution is 14.1. The predicted molar refractivity (Wildman–Crippen MR) is 74.7 cm³/mol. The van der Waals surface area contributed by atoms with Crippen molar-refractivity contribution in [2.24, 2.45) is 0 Å². The van der Waals surface area contributed by atoms with Crippen LogP contribution in [0.3, 0.4) is 0 Å². The Kier molecular flexibility index (Phi) is 3.21. The second kappa shape index (κ2) is 4.62. The van der Waals surface area contributed by atoms with Gasteiger partial charge in [-0.05, 0) is 57.5 Å². The smallest absolute Gasteiger partial charge is 0.0136 e. The summed E-state index contributed by atoms with van der Waals surface area (Å²) in [4.78, 5) is 0. The van der Waals surface area contributed by atoms with Gasteiger partial charge in [0.05, 0.1) is 0 Å². The van der Waals surface area contributed by atoms with Gasteiger partial charge >= 0.3 is 0 Å². The van der Waals surface area contributed by atoms with Crippen LogP contribution in [0.25, 0.3) is 17.2 Å². The normalized spacial score (nSPS) is 9.93. The van der Waals surface area contributed by atoms with Crippen LogP contribution < -0.4 is 0 Å². The minimum atomic E-state index is 1.16. The van der Waals surface area contributed by atoms with E-state index in [0.717, 1.165) is 5.56 Å². The maximum atomic E-state index is 3.78. The van der Waals surface area contributed by atoms with E-state index < -0.39 is 0 Å². The molecule has 0 radical (unpaired) electrons. The third kappa shape index (κ3) is 2.48. The van der Waals surface area contributed by atoms with E-state index >= 15 is 0 Å². The van der Waals surface area contributed by atoms with E-state index in [2.05, 4.69) is 77.7 Å². The highest BCUT2D eigenvalue weighted by Crippen LogP contribution is 2.22. The molecule has 2 aromatic rings. The molecule has 0 nitrogen and oxygen atoms in total. The average molecular weight is 306 g/mol. The molecule has 0 bridgehead atoms. The third-order valence-electron chi connectivity index (χ3n) is 2.28. The van der Waals surface area contributed by atoms with Gasteiger partial charge in [-0.1, -0.05) is 43.0 Å². The predicted octanol–water partition coefficient (Wildman–Crippen LogP) is 4.60. The van der Waals surface area contributed by atoms with Gasteiger partial charge in [-0.25, -0.2) is 0 Å². The lowest BCUT2D eigenvalue weighted by atomic mass is 10.0. The molecule has 0 unspecified atom stereocenters. The zero-order valence-electron chi connectivity index (χ0n) is 8.28. The van der Waals surface area contributed by atoms with Crippen LogP contribution in [0.5, 0.6) is 0 Å². The van der Waals surface area contributed by atoms with Gasteiger partial charge in [0.25, 0.3) is 0 Å². The third-order valence-corrected chi connectivity index (χ3v) is 2.95. The zero-order valence-corrected chi connectivity index (χ0v) is 10.4. The van der Waals surface area contributed by atoms with Crippen LogP contribution >= 0.6 is 22.6 Å². The van der Waals surface area contributed by atoms with Crippen molar-refractivity contribution in [3.05, 3.63) is 64.2 Å². The molecule has 0 aliphatic carbocycles. The summed E-state index contributed by atoms with van der Waals surface area (Å²) in [6.45, 7) is 3.78. The summed E-state index contributed by atoms with van der Waals surface area (Å²) in [5, 5.41) is 0. The minimum Gasteiger partial charge on any atom is -0.0985 e. The second-order valence-corrected chi connectivity index (χ2v) is 4.59. The maximum absolute atomic E-state index is 3.78. The van der Waals surface area contributed by atoms with Crippen LogP contribution in [0, 0.1) is 3.57 Å². The van der Waals surface area contributed by atoms with Crippen LogP contribution in [-0.4, -0.2) is 0 Å². The maximum Gasteiger partial charge on any atom is 0.0136 e.